The van der Waals surface area contributed by atoms with Gasteiger partial charge in [-0.1, -0.05) is 30.3 Å². The third-order valence-electron chi connectivity index (χ3n) is 5.83. The van der Waals surface area contributed by atoms with E-state index >= 15 is 0 Å². The number of piperidine rings is 1. The second-order valence-corrected chi connectivity index (χ2v) is 9.10. The van der Waals surface area contributed by atoms with Crippen molar-refractivity contribution in [1.29, 1.82) is 0 Å². The minimum absolute atomic E-state index is 0.0363. The second-order valence-electron chi connectivity index (χ2n) is 9.10. The first-order valence-corrected chi connectivity index (χ1v) is 10.0. The van der Waals surface area contributed by atoms with Crippen LogP contribution in [0.3, 0.4) is 0 Å². The molecular formula is C22H38N4O2. The standard InChI is InChI=1S/C22H38N4O2/c1-23(2)13-18-15-26(7)16-19(14-24(3)4)22(18,28)20(21(27)25(5)6)17-11-9-8-10-12-17/h8-12,18-20,28H,13-16H2,1-7H3/t18-,19-,20+/m1/s1. The zero-order valence-corrected chi connectivity index (χ0v) is 18.6. The van der Waals surface area contributed by atoms with Gasteiger partial charge in [-0.25, -0.2) is 0 Å². The van der Waals surface area contributed by atoms with Crippen molar-refractivity contribution in [2.45, 2.75) is 11.5 Å². The van der Waals surface area contributed by atoms with Gasteiger partial charge in [0.15, 0.2) is 0 Å². The number of aliphatic hydroxyl groups is 1. The fourth-order valence-corrected chi connectivity index (χ4v) is 4.72. The SMILES string of the molecule is CN(C)C[C@@H]1CN(C)C[C@@H](CN(C)C)C1(O)[C@H](C(=O)N(C)C)c1ccccc1. The number of hydrogen-bond donors (Lipinski definition) is 1. The third-order valence-corrected chi connectivity index (χ3v) is 5.83. The van der Waals surface area contributed by atoms with Gasteiger partial charge in [-0.3, -0.25) is 4.79 Å². The van der Waals surface area contributed by atoms with Crippen molar-refractivity contribution >= 4 is 5.91 Å². The summed E-state index contributed by atoms with van der Waals surface area (Å²) in [6.45, 7) is 2.99. The summed E-state index contributed by atoms with van der Waals surface area (Å²) in [6, 6.07) is 9.80. The number of rotatable bonds is 7. The number of likely N-dealkylation sites (tertiary alicyclic amines) is 1. The molecule has 1 heterocycles. The molecular weight excluding hydrogens is 352 g/mol. The molecule has 1 aromatic carbocycles. The first kappa shape index (κ1) is 22.8. The highest BCUT2D eigenvalue weighted by Gasteiger charge is 2.56. The lowest BCUT2D eigenvalue weighted by Gasteiger charge is -2.53. The fraction of sp³-hybridized carbons (Fsp3) is 0.682. The Hall–Kier alpha value is -1.47. The van der Waals surface area contributed by atoms with Crippen molar-refractivity contribution in [3.63, 3.8) is 0 Å². The Labute approximate surface area is 170 Å². The van der Waals surface area contributed by atoms with E-state index in [4.69, 9.17) is 0 Å². The van der Waals surface area contributed by atoms with Crippen molar-refractivity contribution in [2.75, 3.05) is 75.5 Å². The fourth-order valence-electron chi connectivity index (χ4n) is 4.72. The lowest BCUT2D eigenvalue weighted by atomic mass is 9.63. The summed E-state index contributed by atoms with van der Waals surface area (Å²) < 4.78 is 0. The molecule has 0 spiro atoms. The molecule has 0 bridgehead atoms. The molecule has 3 atom stereocenters. The lowest BCUT2D eigenvalue weighted by Crippen LogP contribution is -2.66. The van der Waals surface area contributed by atoms with E-state index in [0.717, 1.165) is 31.7 Å². The van der Waals surface area contributed by atoms with Gasteiger partial charge in [-0.2, -0.15) is 0 Å². The molecule has 2 rings (SSSR count). The number of amides is 1. The number of likely N-dealkylation sites (N-methyl/N-ethyl adjacent to an activating group) is 1. The molecule has 0 radical (unpaired) electrons. The van der Waals surface area contributed by atoms with E-state index < -0.39 is 11.5 Å². The summed E-state index contributed by atoms with van der Waals surface area (Å²) in [4.78, 5) is 21.6. The van der Waals surface area contributed by atoms with E-state index in [1.807, 2.05) is 58.5 Å². The van der Waals surface area contributed by atoms with Crippen molar-refractivity contribution in [3.8, 4) is 0 Å². The zero-order chi connectivity index (χ0) is 21.1. The molecule has 1 aliphatic rings. The Morgan fingerprint density at radius 3 is 1.89 bits per heavy atom. The van der Waals surface area contributed by atoms with Crippen LogP contribution < -0.4 is 0 Å². The monoisotopic (exact) mass is 390 g/mol. The molecule has 0 unspecified atom stereocenters. The number of benzene rings is 1. The van der Waals surface area contributed by atoms with Crippen LogP contribution in [0.2, 0.25) is 0 Å². The molecule has 28 heavy (non-hydrogen) atoms. The van der Waals surface area contributed by atoms with Crippen LogP contribution in [0.25, 0.3) is 0 Å². The molecule has 0 saturated carbocycles. The summed E-state index contributed by atoms with van der Waals surface area (Å²) in [5.41, 5.74) is -0.246. The van der Waals surface area contributed by atoms with Crippen LogP contribution in [0.1, 0.15) is 11.5 Å². The molecule has 6 heteroatoms. The van der Waals surface area contributed by atoms with Gasteiger partial charge in [0.05, 0.1) is 11.5 Å². The average Bonchev–Trinajstić information content (AvgIpc) is 2.59. The minimum atomic E-state index is -1.14. The largest absolute Gasteiger partial charge is 0.388 e. The lowest BCUT2D eigenvalue weighted by molar-refractivity contribution is -0.162. The van der Waals surface area contributed by atoms with Crippen LogP contribution in [-0.2, 0) is 4.79 Å². The maximum Gasteiger partial charge on any atom is 0.232 e. The highest BCUT2D eigenvalue weighted by Crippen LogP contribution is 2.44. The minimum Gasteiger partial charge on any atom is -0.388 e. The second kappa shape index (κ2) is 9.35. The molecule has 1 fully saturated rings. The molecule has 1 N–H and O–H groups in total. The summed E-state index contributed by atoms with van der Waals surface area (Å²) in [7, 11) is 13.8. The highest BCUT2D eigenvalue weighted by molar-refractivity contribution is 5.85. The number of hydrogen-bond acceptors (Lipinski definition) is 5. The Bertz CT molecular complexity index is 609. The molecule has 1 amide bonds. The predicted octanol–water partition coefficient (Wildman–Crippen LogP) is 0.891. The van der Waals surface area contributed by atoms with E-state index in [9.17, 15) is 9.90 Å². The van der Waals surface area contributed by atoms with Crippen LogP contribution in [-0.4, -0.2) is 112 Å². The molecule has 0 aliphatic carbocycles. The molecule has 6 nitrogen and oxygen atoms in total. The van der Waals surface area contributed by atoms with Gasteiger partial charge in [0, 0.05) is 52.1 Å². The van der Waals surface area contributed by atoms with E-state index in [1.165, 1.54) is 0 Å². The molecule has 1 aliphatic heterocycles. The summed E-state index contributed by atoms with van der Waals surface area (Å²) in [5, 5.41) is 12.4. The maximum absolute atomic E-state index is 13.4. The van der Waals surface area contributed by atoms with Crippen molar-refractivity contribution < 1.29 is 9.90 Å². The van der Waals surface area contributed by atoms with Gasteiger partial charge in [0.2, 0.25) is 5.91 Å². The number of carbonyl (C=O) groups is 1. The Morgan fingerprint density at radius 2 is 1.50 bits per heavy atom. The average molecular weight is 391 g/mol. The first-order valence-electron chi connectivity index (χ1n) is 10.0. The van der Waals surface area contributed by atoms with E-state index in [0.29, 0.717) is 0 Å². The van der Waals surface area contributed by atoms with Crippen molar-refractivity contribution in [3.05, 3.63) is 35.9 Å². The molecule has 1 aromatic rings. The smallest absolute Gasteiger partial charge is 0.232 e. The van der Waals surface area contributed by atoms with E-state index in [1.54, 1.807) is 19.0 Å². The van der Waals surface area contributed by atoms with Gasteiger partial charge in [0.1, 0.15) is 0 Å². The Kier molecular flexibility index (Phi) is 7.62. The number of nitrogens with zero attached hydrogens (tertiary/aromatic N) is 4. The molecule has 158 valence electrons. The van der Waals surface area contributed by atoms with Crippen LogP contribution in [0, 0.1) is 11.8 Å². The van der Waals surface area contributed by atoms with Crippen molar-refractivity contribution in [1.82, 2.24) is 19.6 Å². The van der Waals surface area contributed by atoms with Gasteiger partial charge in [0.25, 0.3) is 0 Å². The summed E-state index contributed by atoms with van der Waals surface area (Å²) >= 11 is 0. The summed E-state index contributed by atoms with van der Waals surface area (Å²) in [6.07, 6.45) is 0. The number of carbonyl (C=O) groups excluding carboxylic acids is 1. The predicted molar refractivity (Wildman–Crippen MR) is 114 cm³/mol. The van der Waals surface area contributed by atoms with Gasteiger partial charge in [-0.05, 0) is 40.8 Å². The van der Waals surface area contributed by atoms with E-state index in [-0.39, 0.29) is 17.7 Å². The van der Waals surface area contributed by atoms with E-state index in [2.05, 4.69) is 21.7 Å². The molecule has 0 aromatic heterocycles. The highest BCUT2D eigenvalue weighted by atomic mass is 16.3. The van der Waals surface area contributed by atoms with Crippen LogP contribution in [0.15, 0.2) is 30.3 Å². The first-order chi connectivity index (χ1) is 13.1. The van der Waals surface area contributed by atoms with Gasteiger partial charge < -0.3 is 24.7 Å². The maximum atomic E-state index is 13.4. The van der Waals surface area contributed by atoms with Crippen molar-refractivity contribution in [2.24, 2.45) is 11.8 Å². The van der Waals surface area contributed by atoms with Crippen LogP contribution in [0.4, 0.5) is 0 Å². The van der Waals surface area contributed by atoms with Crippen LogP contribution >= 0.6 is 0 Å². The van der Waals surface area contributed by atoms with Gasteiger partial charge >= 0.3 is 0 Å². The summed E-state index contributed by atoms with van der Waals surface area (Å²) in [5.74, 6) is -0.710. The molecule has 1 saturated heterocycles. The Balaban J connectivity index is 2.63. The zero-order valence-electron chi connectivity index (χ0n) is 18.6. The van der Waals surface area contributed by atoms with Gasteiger partial charge in [-0.15, -0.1) is 0 Å². The Morgan fingerprint density at radius 1 is 1.04 bits per heavy atom. The normalized spacial score (nSPS) is 23.8. The topological polar surface area (TPSA) is 50.3 Å². The third kappa shape index (κ3) is 4.92. The quantitative estimate of drug-likeness (QED) is 0.749. The van der Waals surface area contributed by atoms with Crippen LogP contribution in [0.5, 0.6) is 0 Å².